The van der Waals surface area contributed by atoms with Gasteiger partial charge >= 0.3 is 0 Å². The number of likely N-dealkylation sites (N-methyl/N-ethyl adjacent to an activating group) is 1. The number of aliphatic hydroxyl groups is 1. The number of amides is 1. The van der Waals surface area contributed by atoms with E-state index in [1.54, 1.807) is 13.1 Å². The van der Waals surface area contributed by atoms with Gasteiger partial charge in [-0.3, -0.25) is 4.79 Å². The van der Waals surface area contributed by atoms with Crippen LogP contribution in [-0.2, 0) is 0 Å². The molecule has 1 amide bonds. The Morgan fingerprint density at radius 2 is 2.12 bits per heavy atom. The maximum absolute atomic E-state index is 12.1. The lowest BCUT2D eigenvalue weighted by atomic mass is 10.1. The molecule has 17 heavy (non-hydrogen) atoms. The highest BCUT2D eigenvalue weighted by Gasteiger charge is 2.14. The van der Waals surface area contributed by atoms with E-state index in [4.69, 9.17) is 5.11 Å². The predicted octanol–water partition coefficient (Wildman–Crippen LogP) is 1.57. The molecule has 0 heterocycles. The number of anilines is 1. The lowest BCUT2D eigenvalue weighted by molar-refractivity contribution is 0.0768. The molecule has 0 radical (unpaired) electrons. The van der Waals surface area contributed by atoms with Gasteiger partial charge in [-0.05, 0) is 18.6 Å². The van der Waals surface area contributed by atoms with Crippen molar-refractivity contribution < 1.29 is 9.90 Å². The Morgan fingerprint density at radius 1 is 1.41 bits per heavy atom. The molecule has 1 aromatic carbocycles. The first-order valence-corrected chi connectivity index (χ1v) is 5.90. The van der Waals surface area contributed by atoms with E-state index >= 15 is 0 Å². The molecule has 0 aliphatic heterocycles. The van der Waals surface area contributed by atoms with Gasteiger partial charge in [0.25, 0.3) is 5.91 Å². The molecule has 2 N–H and O–H groups in total. The summed E-state index contributed by atoms with van der Waals surface area (Å²) in [5.41, 5.74) is 1.50. The van der Waals surface area contributed by atoms with Crippen LogP contribution in [0, 0.1) is 0 Å². The predicted molar refractivity (Wildman–Crippen MR) is 69.3 cm³/mol. The van der Waals surface area contributed by atoms with Crippen LogP contribution in [0.4, 0.5) is 5.69 Å². The normalized spacial score (nSPS) is 10.1. The zero-order chi connectivity index (χ0) is 12.7. The number of hydrogen-bond donors (Lipinski definition) is 2. The van der Waals surface area contributed by atoms with E-state index in [2.05, 4.69) is 12.2 Å². The molecule has 94 valence electrons. The zero-order valence-electron chi connectivity index (χ0n) is 10.4. The van der Waals surface area contributed by atoms with Gasteiger partial charge in [-0.15, -0.1) is 0 Å². The molecular weight excluding hydrogens is 216 g/mol. The highest BCUT2D eigenvalue weighted by atomic mass is 16.3. The molecule has 1 aromatic rings. The number of hydrogen-bond acceptors (Lipinski definition) is 3. The van der Waals surface area contributed by atoms with Gasteiger partial charge < -0.3 is 15.3 Å². The maximum Gasteiger partial charge on any atom is 0.255 e. The third kappa shape index (κ3) is 3.75. The van der Waals surface area contributed by atoms with Crippen molar-refractivity contribution in [1.82, 2.24) is 4.90 Å². The lowest BCUT2D eigenvalue weighted by Gasteiger charge is -2.18. The number of carbonyl (C=O) groups excluding carboxylic acids is 1. The molecule has 1 rings (SSSR count). The van der Waals surface area contributed by atoms with Crippen molar-refractivity contribution in [2.75, 3.05) is 32.1 Å². The first-order chi connectivity index (χ1) is 8.20. The molecule has 0 saturated carbocycles. The van der Waals surface area contributed by atoms with E-state index in [1.807, 2.05) is 18.2 Å². The van der Waals surface area contributed by atoms with Crippen LogP contribution in [0.1, 0.15) is 23.7 Å². The van der Waals surface area contributed by atoms with Crippen molar-refractivity contribution in [2.45, 2.75) is 13.3 Å². The summed E-state index contributed by atoms with van der Waals surface area (Å²) >= 11 is 0. The second kappa shape index (κ2) is 6.91. The zero-order valence-corrected chi connectivity index (χ0v) is 10.4. The molecule has 0 atom stereocenters. The quantitative estimate of drug-likeness (QED) is 0.788. The van der Waals surface area contributed by atoms with E-state index in [-0.39, 0.29) is 12.5 Å². The molecule has 4 nitrogen and oxygen atoms in total. The summed E-state index contributed by atoms with van der Waals surface area (Å²) in [6.45, 7) is 3.25. The molecular formula is C13H20N2O2. The minimum atomic E-state index is -0.0711. The summed E-state index contributed by atoms with van der Waals surface area (Å²) in [5, 5.41) is 12.1. The molecule has 0 aromatic heterocycles. The SMILES string of the molecule is CCCNc1ccccc1C(=O)N(C)CCO. The monoisotopic (exact) mass is 236 g/mol. The molecule has 0 bridgehead atoms. The van der Waals surface area contributed by atoms with E-state index in [1.165, 1.54) is 4.90 Å². The lowest BCUT2D eigenvalue weighted by Crippen LogP contribution is -2.30. The highest BCUT2D eigenvalue weighted by Crippen LogP contribution is 2.16. The van der Waals surface area contributed by atoms with Gasteiger partial charge in [0.1, 0.15) is 0 Å². The van der Waals surface area contributed by atoms with Crippen LogP contribution in [0.25, 0.3) is 0 Å². The first-order valence-electron chi connectivity index (χ1n) is 5.90. The van der Waals surface area contributed by atoms with Gasteiger partial charge in [0.05, 0.1) is 12.2 Å². The number of aliphatic hydroxyl groups excluding tert-OH is 1. The van der Waals surface area contributed by atoms with Crippen molar-refractivity contribution in [3.8, 4) is 0 Å². The Balaban J connectivity index is 2.84. The average Bonchev–Trinajstić information content (AvgIpc) is 2.36. The summed E-state index contributed by atoms with van der Waals surface area (Å²) in [6, 6.07) is 7.45. The van der Waals surface area contributed by atoms with Crippen molar-refractivity contribution >= 4 is 11.6 Å². The topological polar surface area (TPSA) is 52.6 Å². The Kier molecular flexibility index (Phi) is 5.49. The Bertz CT molecular complexity index is 366. The summed E-state index contributed by atoms with van der Waals surface area (Å²) in [5.74, 6) is -0.0711. The van der Waals surface area contributed by atoms with Crippen molar-refractivity contribution in [1.29, 1.82) is 0 Å². The van der Waals surface area contributed by atoms with Crippen LogP contribution in [0.2, 0.25) is 0 Å². The standard InChI is InChI=1S/C13H20N2O2/c1-3-8-14-12-7-5-4-6-11(12)13(17)15(2)9-10-16/h4-7,14,16H,3,8-10H2,1-2H3. The second-order valence-corrected chi connectivity index (χ2v) is 3.92. The van der Waals surface area contributed by atoms with Crippen molar-refractivity contribution in [3.05, 3.63) is 29.8 Å². The van der Waals surface area contributed by atoms with Gasteiger partial charge in [0.15, 0.2) is 0 Å². The number of benzene rings is 1. The minimum absolute atomic E-state index is 0.0210. The fourth-order valence-corrected chi connectivity index (χ4v) is 1.54. The van der Waals surface area contributed by atoms with Gasteiger partial charge in [0, 0.05) is 25.8 Å². The molecule has 0 unspecified atom stereocenters. The smallest absolute Gasteiger partial charge is 0.255 e. The number of nitrogens with zero attached hydrogens (tertiary/aromatic N) is 1. The second-order valence-electron chi connectivity index (χ2n) is 3.92. The minimum Gasteiger partial charge on any atom is -0.395 e. The first kappa shape index (κ1) is 13.5. The van der Waals surface area contributed by atoms with Crippen LogP contribution in [0.3, 0.4) is 0 Å². The van der Waals surface area contributed by atoms with Crippen molar-refractivity contribution in [2.24, 2.45) is 0 Å². The third-order valence-corrected chi connectivity index (χ3v) is 2.51. The van der Waals surface area contributed by atoms with Crippen LogP contribution in [0.15, 0.2) is 24.3 Å². The Hall–Kier alpha value is -1.55. The van der Waals surface area contributed by atoms with Crippen LogP contribution in [0.5, 0.6) is 0 Å². The fourth-order valence-electron chi connectivity index (χ4n) is 1.54. The number of nitrogens with one attached hydrogen (secondary N) is 1. The van der Waals surface area contributed by atoms with Crippen LogP contribution < -0.4 is 5.32 Å². The summed E-state index contributed by atoms with van der Waals surface area (Å²) < 4.78 is 0. The summed E-state index contributed by atoms with van der Waals surface area (Å²) in [4.78, 5) is 13.6. The highest BCUT2D eigenvalue weighted by molar-refractivity contribution is 5.99. The molecule has 4 heteroatoms. The van der Waals surface area contributed by atoms with E-state index in [9.17, 15) is 4.79 Å². The maximum atomic E-state index is 12.1. The van der Waals surface area contributed by atoms with Gasteiger partial charge in [0.2, 0.25) is 0 Å². The number of para-hydroxylation sites is 1. The van der Waals surface area contributed by atoms with Crippen molar-refractivity contribution in [3.63, 3.8) is 0 Å². The van der Waals surface area contributed by atoms with Gasteiger partial charge in [-0.25, -0.2) is 0 Å². The largest absolute Gasteiger partial charge is 0.395 e. The molecule has 0 aliphatic carbocycles. The number of rotatable bonds is 6. The third-order valence-electron chi connectivity index (χ3n) is 2.51. The van der Waals surface area contributed by atoms with Crippen LogP contribution >= 0.6 is 0 Å². The average molecular weight is 236 g/mol. The molecule has 0 fully saturated rings. The van der Waals surface area contributed by atoms with E-state index in [0.29, 0.717) is 12.1 Å². The number of carbonyl (C=O) groups is 1. The fraction of sp³-hybridized carbons (Fsp3) is 0.462. The molecule has 0 saturated heterocycles. The summed E-state index contributed by atoms with van der Waals surface area (Å²) in [6.07, 6.45) is 1.01. The van der Waals surface area contributed by atoms with E-state index in [0.717, 1.165) is 18.7 Å². The van der Waals surface area contributed by atoms with Crippen LogP contribution in [-0.4, -0.2) is 42.7 Å². The molecule has 0 aliphatic rings. The van der Waals surface area contributed by atoms with Gasteiger partial charge in [-0.1, -0.05) is 19.1 Å². The Morgan fingerprint density at radius 3 is 2.76 bits per heavy atom. The van der Waals surface area contributed by atoms with E-state index < -0.39 is 0 Å². The summed E-state index contributed by atoms with van der Waals surface area (Å²) in [7, 11) is 1.69. The van der Waals surface area contributed by atoms with Gasteiger partial charge in [-0.2, -0.15) is 0 Å². The Labute approximate surface area is 102 Å². The molecule has 0 spiro atoms.